The van der Waals surface area contributed by atoms with Gasteiger partial charge < -0.3 is 19.3 Å². The van der Waals surface area contributed by atoms with Crippen LogP contribution in [0.2, 0.25) is 0 Å². The van der Waals surface area contributed by atoms with Crippen molar-refractivity contribution in [3.63, 3.8) is 0 Å². The molecule has 0 aliphatic rings. The minimum absolute atomic E-state index is 0.00593. The normalized spacial score (nSPS) is 12.8. The number of hydrogen-bond donors (Lipinski definition) is 2. The van der Waals surface area contributed by atoms with Gasteiger partial charge in [0.1, 0.15) is 6.61 Å². The quantitative estimate of drug-likeness (QED) is 0.0210. The monoisotopic (exact) mass is 769 g/mol. The fourth-order valence-electron chi connectivity index (χ4n) is 6.44. The minimum atomic E-state index is -4.67. The van der Waals surface area contributed by atoms with Gasteiger partial charge in [0.05, 0.1) is 12.9 Å². The molecule has 0 saturated heterocycles. The highest BCUT2D eigenvalue weighted by Gasteiger charge is 2.21. The van der Waals surface area contributed by atoms with E-state index in [-0.39, 0.29) is 19.0 Å². The second-order valence-corrected chi connectivity index (χ2v) is 16.3. The van der Waals surface area contributed by atoms with Gasteiger partial charge in [-0.2, -0.15) is 0 Å². The Hall–Kier alpha value is -1.40. The first-order valence-corrected chi connectivity index (χ1v) is 23.9. The Morgan fingerprint density at radius 3 is 1.34 bits per heavy atom. The van der Waals surface area contributed by atoms with Gasteiger partial charge in [0.15, 0.2) is 6.10 Å². The molecule has 53 heavy (non-hydrogen) atoms. The molecule has 0 unspecified atom stereocenters. The van der Waals surface area contributed by atoms with Crippen molar-refractivity contribution in [2.24, 2.45) is 0 Å². The average molecular weight is 769 g/mol. The molecular formula is C45H85O7P. The number of allylic oxidation sites excluding steroid dienone is 5. The summed E-state index contributed by atoms with van der Waals surface area (Å²) in [6.45, 7) is 4.10. The van der Waals surface area contributed by atoms with Crippen molar-refractivity contribution >= 4 is 13.8 Å². The van der Waals surface area contributed by atoms with Crippen molar-refractivity contribution < 1.29 is 33.1 Å². The van der Waals surface area contributed by atoms with E-state index in [1.54, 1.807) is 6.26 Å². The van der Waals surface area contributed by atoms with Crippen molar-refractivity contribution in [2.75, 3.05) is 13.2 Å². The molecule has 0 aromatic carbocycles. The molecule has 0 saturated carbocycles. The van der Waals surface area contributed by atoms with E-state index in [1.165, 1.54) is 167 Å². The molecule has 1 atom stereocenters. The summed E-state index contributed by atoms with van der Waals surface area (Å²) in [7, 11) is -4.67. The zero-order chi connectivity index (χ0) is 38.8. The van der Waals surface area contributed by atoms with Crippen molar-refractivity contribution in [3.05, 3.63) is 36.6 Å². The van der Waals surface area contributed by atoms with E-state index in [9.17, 15) is 9.36 Å². The van der Waals surface area contributed by atoms with E-state index in [0.717, 1.165) is 38.5 Å². The maximum Gasteiger partial charge on any atom is 0.469 e. The van der Waals surface area contributed by atoms with Crippen molar-refractivity contribution in [3.8, 4) is 0 Å². The van der Waals surface area contributed by atoms with Crippen LogP contribution in [0.4, 0.5) is 0 Å². The second kappa shape index (κ2) is 41.8. The first kappa shape index (κ1) is 51.6. The van der Waals surface area contributed by atoms with E-state index in [4.69, 9.17) is 19.3 Å². The Morgan fingerprint density at radius 1 is 0.509 bits per heavy atom. The molecule has 2 N–H and O–H groups in total. The molecular weight excluding hydrogens is 683 g/mol. The molecule has 0 rings (SSSR count). The van der Waals surface area contributed by atoms with E-state index in [1.807, 2.05) is 6.08 Å². The van der Waals surface area contributed by atoms with Gasteiger partial charge in [0.2, 0.25) is 0 Å². The van der Waals surface area contributed by atoms with Gasteiger partial charge in [0.25, 0.3) is 0 Å². The number of phosphoric ester groups is 1. The van der Waals surface area contributed by atoms with Crippen molar-refractivity contribution in [1.82, 2.24) is 0 Å². The predicted molar refractivity (Wildman–Crippen MR) is 225 cm³/mol. The van der Waals surface area contributed by atoms with E-state index in [0.29, 0.717) is 0 Å². The van der Waals surface area contributed by atoms with Gasteiger partial charge in [-0.15, -0.1) is 0 Å². The Labute approximate surface area is 327 Å². The molecule has 312 valence electrons. The molecule has 8 heteroatoms. The third kappa shape index (κ3) is 44.9. The Morgan fingerprint density at radius 2 is 0.887 bits per heavy atom. The summed E-state index contributed by atoms with van der Waals surface area (Å²) in [5.74, 6) is -0.387. The summed E-state index contributed by atoms with van der Waals surface area (Å²) in [5, 5.41) is 0. The molecule has 0 amide bonds. The lowest BCUT2D eigenvalue weighted by Crippen LogP contribution is -2.27. The standard InChI is InChI=1S/C45H85O7P/c1-3-5-7-9-11-13-15-17-19-21-23-24-26-28-30-32-34-36-38-40-45(46)52-44(43-51-53(47,48)49)42-50-41-39-37-35-33-31-29-27-25-22-20-18-16-14-12-10-8-6-4-2/h11,13,17,19,39,41,44H,3-10,12,14-16,18,20-38,40,42-43H2,1-2H3,(H2,47,48,49)/b13-11-,19-17-,41-39-/t44-/m1/s1. The largest absolute Gasteiger partial charge is 0.498 e. The van der Waals surface area contributed by atoms with Gasteiger partial charge in [0, 0.05) is 6.42 Å². The van der Waals surface area contributed by atoms with Gasteiger partial charge in [-0.1, -0.05) is 192 Å². The van der Waals surface area contributed by atoms with Crippen LogP contribution in [0.5, 0.6) is 0 Å². The number of rotatable bonds is 42. The fraction of sp³-hybridized carbons (Fsp3) is 0.844. The van der Waals surface area contributed by atoms with E-state index < -0.39 is 20.5 Å². The molecule has 0 bridgehead atoms. The highest BCUT2D eigenvalue weighted by molar-refractivity contribution is 7.46. The van der Waals surface area contributed by atoms with Crippen LogP contribution in [0, 0.1) is 0 Å². The summed E-state index contributed by atoms with van der Waals surface area (Å²) in [5.41, 5.74) is 0. The van der Waals surface area contributed by atoms with Gasteiger partial charge >= 0.3 is 13.8 Å². The highest BCUT2D eigenvalue weighted by Crippen LogP contribution is 2.36. The fourth-order valence-corrected chi connectivity index (χ4v) is 6.80. The summed E-state index contributed by atoms with van der Waals surface area (Å²) >= 11 is 0. The average Bonchev–Trinajstić information content (AvgIpc) is 3.13. The van der Waals surface area contributed by atoms with Crippen LogP contribution in [-0.2, 0) is 23.4 Å². The molecule has 0 aromatic heterocycles. The highest BCUT2D eigenvalue weighted by atomic mass is 31.2. The van der Waals surface area contributed by atoms with Crippen LogP contribution >= 0.6 is 7.82 Å². The van der Waals surface area contributed by atoms with Crippen LogP contribution in [0.25, 0.3) is 0 Å². The lowest BCUT2D eigenvalue weighted by molar-refractivity contribution is -0.153. The Balaban J connectivity index is 3.81. The van der Waals surface area contributed by atoms with Crippen LogP contribution in [0.15, 0.2) is 36.6 Å². The van der Waals surface area contributed by atoms with E-state index >= 15 is 0 Å². The molecule has 7 nitrogen and oxygen atoms in total. The van der Waals surface area contributed by atoms with Crippen molar-refractivity contribution in [2.45, 2.75) is 232 Å². The number of ether oxygens (including phenoxy) is 2. The zero-order valence-corrected chi connectivity index (χ0v) is 35.6. The molecule has 0 fully saturated rings. The number of carbonyl (C=O) groups excluding carboxylic acids is 1. The second-order valence-electron chi connectivity index (χ2n) is 15.1. The zero-order valence-electron chi connectivity index (χ0n) is 34.7. The molecule has 0 aliphatic heterocycles. The molecule has 0 aromatic rings. The number of hydrogen-bond acceptors (Lipinski definition) is 5. The smallest absolute Gasteiger partial charge is 0.469 e. The lowest BCUT2D eigenvalue weighted by atomic mass is 10.0. The predicted octanol–water partition coefficient (Wildman–Crippen LogP) is 14.6. The number of carbonyl (C=O) groups is 1. The van der Waals surface area contributed by atoms with Gasteiger partial charge in [-0.05, 0) is 57.4 Å². The van der Waals surface area contributed by atoms with Crippen LogP contribution in [-0.4, -0.2) is 35.1 Å². The summed E-state index contributed by atoms with van der Waals surface area (Å²) < 4.78 is 26.8. The van der Waals surface area contributed by atoms with Crippen LogP contribution in [0.3, 0.4) is 0 Å². The van der Waals surface area contributed by atoms with Crippen LogP contribution in [0.1, 0.15) is 226 Å². The summed E-state index contributed by atoms with van der Waals surface area (Å²) in [4.78, 5) is 30.6. The topological polar surface area (TPSA) is 102 Å². The minimum Gasteiger partial charge on any atom is -0.498 e. The molecule has 0 aliphatic carbocycles. The summed E-state index contributed by atoms with van der Waals surface area (Å²) in [6.07, 6.45) is 52.3. The Bertz CT molecular complexity index is 897. The lowest BCUT2D eigenvalue weighted by Gasteiger charge is -2.18. The maximum absolute atomic E-state index is 12.4. The van der Waals surface area contributed by atoms with E-state index in [2.05, 4.69) is 42.7 Å². The molecule has 0 spiro atoms. The van der Waals surface area contributed by atoms with Crippen molar-refractivity contribution in [1.29, 1.82) is 0 Å². The maximum atomic E-state index is 12.4. The number of unbranched alkanes of at least 4 members (excludes halogenated alkanes) is 28. The number of phosphoric acid groups is 1. The first-order valence-electron chi connectivity index (χ1n) is 22.3. The Kier molecular flexibility index (Phi) is 40.7. The van der Waals surface area contributed by atoms with Gasteiger partial charge in [-0.3, -0.25) is 9.32 Å². The number of esters is 1. The molecule has 0 heterocycles. The van der Waals surface area contributed by atoms with Crippen LogP contribution < -0.4 is 0 Å². The first-order chi connectivity index (χ1) is 25.9. The summed E-state index contributed by atoms with van der Waals surface area (Å²) in [6, 6.07) is 0. The van der Waals surface area contributed by atoms with Gasteiger partial charge in [-0.25, -0.2) is 4.57 Å². The SMILES string of the molecule is CCCCC/C=C\C/C=C\CCCCCCCCCCCC(=O)O[C@H](CO/C=C\CCCCCCCCCCCCCCCCCC)COP(=O)(O)O. The third-order valence-electron chi connectivity index (χ3n) is 9.76. The third-order valence-corrected chi connectivity index (χ3v) is 10.2. The molecule has 0 radical (unpaired) electrons.